The van der Waals surface area contributed by atoms with E-state index in [2.05, 4.69) is 16.8 Å². The molecule has 0 aromatic heterocycles. The predicted molar refractivity (Wildman–Crippen MR) is 107 cm³/mol. The summed E-state index contributed by atoms with van der Waals surface area (Å²) in [4.78, 5) is 7.25. The van der Waals surface area contributed by atoms with Gasteiger partial charge in [-0.2, -0.15) is 0 Å². The lowest BCUT2D eigenvalue weighted by Crippen LogP contribution is -2.41. The van der Waals surface area contributed by atoms with Crippen LogP contribution >= 0.6 is 35.0 Å². The van der Waals surface area contributed by atoms with Gasteiger partial charge < -0.3 is 15.7 Å². The number of nitrogens with two attached hydrogens (primary N) is 1. The van der Waals surface area contributed by atoms with Crippen LogP contribution in [0, 0.1) is 10.8 Å². The first-order valence-electron chi connectivity index (χ1n) is 7.91. The average Bonchev–Trinajstić information content (AvgIpc) is 2.60. The van der Waals surface area contributed by atoms with Gasteiger partial charge >= 0.3 is 0 Å². The molecule has 0 atom stereocenters. The monoisotopic (exact) mass is 400 g/mol. The van der Waals surface area contributed by atoms with Crippen LogP contribution in [0.2, 0.25) is 10.0 Å². The van der Waals surface area contributed by atoms with E-state index in [4.69, 9.17) is 34.3 Å². The Bertz CT molecular complexity index is 685. The van der Waals surface area contributed by atoms with Gasteiger partial charge in [0.05, 0.1) is 22.5 Å². The lowest BCUT2D eigenvalue weighted by atomic mass is 9.81. The summed E-state index contributed by atoms with van der Waals surface area (Å²) < 4.78 is 0. The Kier molecular flexibility index (Phi) is 7.19. The highest BCUT2D eigenvalue weighted by Crippen LogP contribution is 2.34. The fourth-order valence-electron chi connectivity index (χ4n) is 2.40. The summed E-state index contributed by atoms with van der Waals surface area (Å²) >= 11 is 13.2. The summed E-state index contributed by atoms with van der Waals surface area (Å²) in [6.07, 6.45) is 4.53. The van der Waals surface area contributed by atoms with Gasteiger partial charge in [-0.1, -0.05) is 41.9 Å². The Morgan fingerprint density at radius 2 is 2.12 bits per heavy atom. The van der Waals surface area contributed by atoms with Crippen molar-refractivity contribution >= 4 is 47.1 Å². The van der Waals surface area contributed by atoms with Crippen molar-refractivity contribution in [1.82, 2.24) is 4.90 Å². The maximum absolute atomic E-state index is 9.45. The van der Waals surface area contributed by atoms with E-state index in [1.807, 2.05) is 0 Å². The summed E-state index contributed by atoms with van der Waals surface area (Å²) in [5.41, 5.74) is 6.00. The number of nitrogens with zero attached hydrogens (tertiary/aromatic N) is 2. The number of aliphatic hydroxyl groups is 1. The summed E-state index contributed by atoms with van der Waals surface area (Å²) in [5, 5.41) is 18.5. The Morgan fingerprint density at radius 1 is 1.44 bits per heavy atom. The molecule has 25 heavy (non-hydrogen) atoms. The third-order valence-corrected chi connectivity index (χ3v) is 6.07. The Morgan fingerprint density at radius 3 is 2.68 bits per heavy atom. The van der Waals surface area contributed by atoms with E-state index in [9.17, 15) is 5.11 Å². The second kappa shape index (κ2) is 8.94. The Hall–Kier alpha value is -1.21. The van der Waals surface area contributed by atoms with Crippen LogP contribution in [-0.4, -0.2) is 41.8 Å². The molecular weight excluding hydrogens is 379 g/mol. The van der Waals surface area contributed by atoms with E-state index in [-0.39, 0.29) is 11.3 Å². The van der Waals surface area contributed by atoms with Gasteiger partial charge in [-0.15, -0.1) is 0 Å². The highest BCUT2D eigenvalue weighted by Gasteiger charge is 2.27. The molecule has 1 aliphatic heterocycles. The first-order valence-corrected chi connectivity index (χ1v) is 9.48. The van der Waals surface area contributed by atoms with Crippen molar-refractivity contribution in [2.75, 3.05) is 19.6 Å². The van der Waals surface area contributed by atoms with E-state index in [0.717, 1.165) is 32.2 Å². The second-order valence-corrected chi connectivity index (χ2v) is 8.24. The second-order valence-electron chi connectivity index (χ2n) is 6.31. The molecule has 1 fully saturated rings. The normalized spacial score (nSPS) is 17.9. The lowest BCUT2D eigenvalue weighted by Gasteiger charge is -2.37. The van der Waals surface area contributed by atoms with Crippen LogP contribution in [0.15, 0.2) is 39.3 Å². The van der Waals surface area contributed by atoms with Crippen molar-refractivity contribution in [1.29, 1.82) is 5.41 Å². The van der Waals surface area contributed by atoms with Crippen molar-refractivity contribution in [3.63, 3.8) is 0 Å². The fourth-order valence-corrected chi connectivity index (χ4v) is 3.65. The van der Waals surface area contributed by atoms with Crippen molar-refractivity contribution in [3.8, 4) is 0 Å². The quantitative estimate of drug-likeness (QED) is 0.292. The van der Waals surface area contributed by atoms with Gasteiger partial charge in [-0.25, -0.2) is 4.99 Å². The molecule has 0 spiro atoms. The van der Waals surface area contributed by atoms with Gasteiger partial charge in [0.25, 0.3) is 0 Å². The average molecular weight is 401 g/mol. The fraction of sp³-hybridized carbons (Fsp3) is 0.412. The van der Waals surface area contributed by atoms with Crippen molar-refractivity contribution in [3.05, 3.63) is 39.4 Å². The van der Waals surface area contributed by atoms with Gasteiger partial charge in [-0.3, -0.25) is 5.41 Å². The molecule has 0 radical (unpaired) electrons. The van der Waals surface area contributed by atoms with Gasteiger partial charge in [0.2, 0.25) is 0 Å². The molecule has 0 bridgehead atoms. The number of rotatable bonds is 5. The molecule has 1 aliphatic rings. The molecule has 1 aromatic rings. The van der Waals surface area contributed by atoms with Crippen LogP contribution < -0.4 is 5.73 Å². The molecule has 1 heterocycles. The molecule has 1 aromatic carbocycles. The van der Waals surface area contributed by atoms with Crippen LogP contribution in [0.1, 0.15) is 19.8 Å². The van der Waals surface area contributed by atoms with Gasteiger partial charge in [-0.05, 0) is 43.0 Å². The van der Waals surface area contributed by atoms with Crippen molar-refractivity contribution in [2.45, 2.75) is 24.7 Å². The van der Waals surface area contributed by atoms with Crippen molar-refractivity contribution < 1.29 is 5.11 Å². The molecule has 0 saturated carbocycles. The molecule has 2 rings (SSSR count). The minimum atomic E-state index is -0.0225. The number of aliphatic imine (C=N–C) groups is 1. The number of halogens is 2. The zero-order valence-electron chi connectivity index (χ0n) is 14.0. The highest BCUT2D eigenvalue weighted by molar-refractivity contribution is 8.04. The van der Waals surface area contributed by atoms with E-state index in [1.165, 1.54) is 11.8 Å². The first-order chi connectivity index (χ1) is 11.9. The summed E-state index contributed by atoms with van der Waals surface area (Å²) in [6, 6.07) is 5.07. The van der Waals surface area contributed by atoms with Crippen LogP contribution in [0.5, 0.6) is 0 Å². The third kappa shape index (κ3) is 5.64. The molecule has 5 nitrogen and oxygen atoms in total. The number of hydrogen-bond donors (Lipinski definition) is 3. The summed E-state index contributed by atoms with van der Waals surface area (Å²) in [5.74, 6) is -0.0225. The third-order valence-electron chi connectivity index (χ3n) is 4.31. The SMILES string of the molecule is CC1(CN)CCN(C=NC(=N)C(=CO)Sc2ccc(Cl)cc2Cl)CC1. The number of hydrogen-bond acceptors (Lipinski definition) is 4. The van der Waals surface area contributed by atoms with Crippen LogP contribution in [-0.2, 0) is 0 Å². The Balaban J connectivity index is 1.96. The van der Waals surface area contributed by atoms with E-state index in [0.29, 0.717) is 26.4 Å². The van der Waals surface area contributed by atoms with Gasteiger partial charge in [0, 0.05) is 23.0 Å². The summed E-state index contributed by atoms with van der Waals surface area (Å²) in [7, 11) is 0. The topological polar surface area (TPSA) is 85.7 Å². The van der Waals surface area contributed by atoms with E-state index in [1.54, 1.807) is 24.5 Å². The highest BCUT2D eigenvalue weighted by atomic mass is 35.5. The molecule has 0 unspecified atom stereocenters. The largest absolute Gasteiger partial charge is 0.514 e. The molecule has 0 amide bonds. The Labute approximate surface area is 162 Å². The first kappa shape index (κ1) is 20.1. The molecule has 8 heteroatoms. The maximum Gasteiger partial charge on any atom is 0.163 e. The van der Waals surface area contributed by atoms with Crippen LogP contribution in [0.3, 0.4) is 0 Å². The maximum atomic E-state index is 9.45. The number of likely N-dealkylation sites (tertiary alicyclic amines) is 1. The standard InChI is InChI=1S/C17H22Cl2N4OS/c1-17(10-20)4-6-23(7-5-17)11-22-16(21)15(9-24)25-14-3-2-12(18)8-13(14)19/h2-3,8-9,11,21,24H,4-7,10,20H2,1H3. The number of amidine groups is 1. The molecule has 1 saturated heterocycles. The van der Waals surface area contributed by atoms with Gasteiger partial charge in [0.15, 0.2) is 5.84 Å². The number of piperidine rings is 1. The zero-order chi connectivity index (χ0) is 18.4. The number of benzene rings is 1. The lowest BCUT2D eigenvalue weighted by molar-refractivity contribution is 0.179. The van der Waals surface area contributed by atoms with E-state index < -0.39 is 0 Å². The molecule has 0 aliphatic carbocycles. The minimum Gasteiger partial charge on any atom is -0.514 e. The minimum absolute atomic E-state index is 0.0225. The van der Waals surface area contributed by atoms with E-state index >= 15 is 0 Å². The van der Waals surface area contributed by atoms with Crippen molar-refractivity contribution in [2.24, 2.45) is 16.1 Å². The number of thioether (sulfide) groups is 1. The zero-order valence-corrected chi connectivity index (χ0v) is 16.3. The van der Waals surface area contributed by atoms with Gasteiger partial charge in [0.1, 0.15) is 0 Å². The predicted octanol–water partition coefficient (Wildman–Crippen LogP) is 4.55. The van der Waals surface area contributed by atoms with Crippen LogP contribution in [0.25, 0.3) is 0 Å². The molecule has 4 N–H and O–H groups in total. The number of aliphatic hydroxyl groups excluding tert-OH is 1. The smallest absolute Gasteiger partial charge is 0.163 e. The molecule has 136 valence electrons. The molecular formula is C17H22Cl2N4OS. The number of nitrogens with one attached hydrogen (secondary N) is 1. The summed E-state index contributed by atoms with van der Waals surface area (Å²) in [6.45, 7) is 4.60. The van der Waals surface area contributed by atoms with Crippen LogP contribution in [0.4, 0.5) is 0 Å².